The molecule has 4 rings (SSSR count). The van der Waals surface area contributed by atoms with Crippen LogP contribution in [0.25, 0.3) is 16.8 Å². The van der Waals surface area contributed by atoms with Crippen LogP contribution in [0.5, 0.6) is 0 Å². The van der Waals surface area contributed by atoms with Crippen molar-refractivity contribution >= 4 is 17.3 Å². The molecule has 1 atom stereocenters. The van der Waals surface area contributed by atoms with E-state index in [0.717, 1.165) is 24.6 Å². The molecular formula is C23H22F3N5. The van der Waals surface area contributed by atoms with E-state index in [2.05, 4.69) is 26.8 Å². The highest BCUT2D eigenvalue weighted by molar-refractivity contribution is 5.84. The van der Waals surface area contributed by atoms with Gasteiger partial charge in [0, 0.05) is 37.0 Å². The Kier molecular flexibility index (Phi) is 5.79. The normalized spacial score (nSPS) is 15.8. The molecule has 2 aromatic carbocycles. The average Bonchev–Trinajstić information content (AvgIpc) is 3.22. The van der Waals surface area contributed by atoms with Gasteiger partial charge in [-0.25, -0.2) is 23.1 Å². The molecule has 1 aliphatic rings. The Balaban J connectivity index is 1.45. The first-order chi connectivity index (χ1) is 14.9. The number of benzene rings is 2. The van der Waals surface area contributed by atoms with Crippen molar-refractivity contribution in [2.45, 2.75) is 6.42 Å². The molecule has 31 heavy (non-hydrogen) atoms. The number of rotatable bonds is 6. The first-order valence-electron chi connectivity index (χ1n) is 9.92. The number of nitrogens with zero attached hydrogens (tertiary/aromatic N) is 3. The van der Waals surface area contributed by atoms with E-state index < -0.39 is 11.6 Å². The maximum Gasteiger partial charge on any atom is 0.142 e. The van der Waals surface area contributed by atoms with Gasteiger partial charge in [0.1, 0.15) is 35.4 Å². The zero-order valence-electron chi connectivity index (χ0n) is 16.8. The Bertz CT molecular complexity index is 1100. The third-order valence-corrected chi connectivity index (χ3v) is 5.44. The zero-order chi connectivity index (χ0) is 22.0. The third-order valence-electron chi connectivity index (χ3n) is 5.44. The fourth-order valence-electron chi connectivity index (χ4n) is 3.81. The highest BCUT2D eigenvalue weighted by atomic mass is 19.1. The zero-order valence-corrected chi connectivity index (χ0v) is 16.8. The molecule has 1 aromatic heterocycles. The molecule has 1 saturated heterocycles. The van der Waals surface area contributed by atoms with Crippen molar-refractivity contribution in [1.82, 2.24) is 15.3 Å². The molecule has 5 nitrogen and oxygen atoms in total. The Labute approximate surface area is 178 Å². The van der Waals surface area contributed by atoms with Gasteiger partial charge in [-0.3, -0.25) is 0 Å². The highest BCUT2D eigenvalue weighted by Gasteiger charge is 2.27. The molecule has 0 bridgehead atoms. The second-order valence-electron chi connectivity index (χ2n) is 7.55. The van der Waals surface area contributed by atoms with Crippen LogP contribution in [0.3, 0.4) is 0 Å². The van der Waals surface area contributed by atoms with Crippen molar-refractivity contribution in [3.8, 4) is 11.1 Å². The Morgan fingerprint density at radius 3 is 2.58 bits per heavy atom. The van der Waals surface area contributed by atoms with Crippen LogP contribution in [0.1, 0.15) is 12.0 Å². The van der Waals surface area contributed by atoms with E-state index in [0.29, 0.717) is 36.0 Å². The van der Waals surface area contributed by atoms with Crippen LogP contribution < -0.4 is 16.0 Å². The number of aromatic nitrogens is 2. The molecule has 3 aromatic rings. The number of hydrogen-bond acceptors (Lipinski definition) is 5. The molecule has 8 heteroatoms. The van der Waals surface area contributed by atoms with Crippen molar-refractivity contribution in [3.05, 3.63) is 78.4 Å². The number of anilines is 2. The topological polar surface area (TPSA) is 67.1 Å². The first kappa shape index (κ1) is 20.7. The van der Waals surface area contributed by atoms with E-state index in [4.69, 9.17) is 5.73 Å². The number of nitrogens with one attached hydrogen (secondary N) is 1. The molecule has 0 aliphatic carbocycles. The van der Waals surface area contributed by atoms with Gasteiger partial charge in [-0.15, -0.1) is 0 Å². The van der Waals surface area contributed by atoms with E-state index in [1.165, 1.54) is 30.6 Å². The van der Waals surface area contributed by atoms with Crippen LogP contribution in [-0.4, -0.2) is 29.6 Å². The second kappa shape index (κ2) is 8.67. The molecule has 1 unspecified atom stereocenters. The maximum atomic E-state index is 14.0. The molecule has 3 N–H and O–H groups in total. The van der Waals surface area contributed by atoms with Crippen LogP contribution in [0.2, 0.25) is 0 Å². The largest absolute Gasteiger partial charge is 0.385 e. The minimum Gasteiger partial charge on any atom is -0.385 e. The van der Waals surface area contributed by atoms with Gasteiger partial charge in [-0.05, 0) is 42.2 Å². The van der Waals surface area contributed by atoms with Crippen LogP contribution in [-0.2, 0) is 0 Å². The summed E-state index contributed by atoms with van der Waals surface area (Å²) in [7, 11) is 0. The molecule has 1 aliphatic heterocycles. The van der Waals surface area contributed by atoms with E-state index in [-0.39, 0.29) is 17.3 Å². The summed E-state index contributed by atoms with van der Waals surface area (Å²) in [4.78, 5) is 10.6. The summed E-state index contributed by atoms with van der Waals surface area (Å²) >= 11 is 0. The van der Waals surface area contributed by atoms with Gasteiger partial charge in [0.15, 0.2) is 0 Å². The number of nitrogen functional groups attached to an aromatic ring is 1. The summed E-state index contributed by atoms with van der Waals surface area (Å²) in [6, 6.07) is 9.49. The van der Waals surface area contributed by atoms with Gasteiger partial charge < -0.3 is 16.0 Å². The number of nitrogens with two attached hydrogens (primary N) is 1. The lowest BCUT2D eigenvalue weighted by atomic mass is 10.1. The fourth-order valence-corrected chi connectivity index (χ4v) is 3.81. The SMILES string of the molecule is C=C(NCC1CCN(c2ncnc(N)c2-c2ccc(F)cc2)C1)c1ccc(F)cc1F. The van der Waals surface area contributed by atoms with Crippen molar-refractivity contribution in [2.24, 2.45) is 5.92 Å². The van der Waals surface area contributed by atoms with Crippen LogP contribution >= 0.6 is 0 Å². The second-order valence-corrected chi connectivity index (χ2v) is 7.55. The standard InChI is InChI=1S/C23H22F3N5/c1-14(19-7-6-18(25)10-20(19)26)28-11-15-8-9-31(12-15)23-21(22(27)29-13-30-23)16-2-4-17(24)5-3-16/h2-7,10,13,15,28H,1,8-9,11-12H2,(H2,27,29,30). The summed E-state index contributed by atoms with van der Waals surface area (Å²) in [6.07, 6.45) is 2.31. The van der Waals surface area contributed by atoms with E-state index in [1.807, 2.05) is 0 Å². The summed E-state index contributed by atoms with van der Waals surface area (Å²) in [5.41, 5.74) is 8.20. The lowest BCUT2D eigenvalue weighted by Crippen LogP contribution is -2.26. The first-order valence-corrected chi connectivity index (χ1v) is 9.92. The Morgan fingerprint density at radius 1 is 1.10 bits per heavy atom. The summed E-state index contributed by atoms with van der Waals surface area (Å²) in [6.45, 7) is 5.92. The Morgan fingerprint density at radius 2 is 1.84 bits per heavy atom. The van der Waals surface area contributed by atoms with Gasteiger partial charge in [-0.1, -0.05) is 18.7 Å². The smallest absolute Gasteiger partial charge is 0.142 e. The van der Waals surface area contributed by atoms with E-state index in [9.17, 15) is 13.2 Å². The van der Waals surface area contributed by atoms with Crippen molar-refractivity contribution < 1.29 is 13.2 Å². The minimum absolute atomic E-state index is 0.249. The molecule has 2 heterocycles. The minimum atomic E-state index is -0.647. The average molecular weight is 425 g/mol. The predicted octanol–water partition coefficient (Wildman–Crippen LogP) is 4.23. The van der Waals surface area contributed by atoms with Gasteiger partial charge in [-0.2, -0.15) is 0 Å². The number of halogens is 3. The number of hydrogen-bond donors (Lipinski definition) is 2. The molecule has 1 fully saturated rings. The van der Waals surface area contributed by atoms with E-state index in [1.54, 1.807) is 12.1 Å². The molecular weight excluding hydrogens is 403 g/mol. The summed E-state index contributed by atoms with van der Waals surface area (Å²) in [5.74, 6) is -0.306. The quantitative estimate of drug-likeness (QED) is 0.619. The monoisotopic (exact) mass is 425 g/mol. The van der Waals surface area contributed by atoms with Crippen molar-refractivity contribution in [3.63, 3.8) is 0 Å². The molecule has 0 spiro atoms. The Hall–Kier alpha value is -3.55. The third kappa shape index (κ3) is 4.47. The fraction of sp³-hybridized carbons (Fsp3) is 0.217. The highest BCUT2D eigenvalue weighted by Crippen LogP contribution is 2.35. The van der Waals surface area contributed by atoms with Crippen LogP contribution in [0.4, 0.5) is 24.8 Å². The molecule has 0 amide bonds. The predicted molar refractivity (Wildman–Crippen MR) is 116 cm³/mol. The maximum absolute atomic E-state index is 14.0. The molecule has 0 radical (unpaired) electrons. The van der Waals surface area contributed by atoms with Gasteiger partial charge in [0.2, 0.25) is 0 Å². The van der Waals surface area contributed by atoms with Crippen LogP contribution in [0, 0.1) is 23.4 Å². The van der Waals surface area contributed by atoms with Gasteiger partial charge in [0.25, 0.3) is 0 Å². The summed E-state index contributed by atoms with van der Waals surface area (Å²) < 4.78 is 40.4. The van der Waals surface area contributed by atoms with Gasteiger partial charge in [0.05, 0.1) is 5.56 Å². The van der Waals surface area contributed by atoms with Gasteiger partial charge >= 0.3 is 0 Å². The lowest BCUT2D eigenvalue weighted by molar-refractivity contribution is 0.560. The van der Waals surface area contributed by atoms with Crippen LogP contribution in [0.15, 0.2) is 55.4 Å². The van der Waals surface area contributed by atoms with E-state index >= 15 is 0 Å². The lowest BCUT2D eigenvalue weighted by Gasteiger charge is -2.22. The molecule has 0 saturated carbocycles. The molecule has 160 valence electrons. The van der Waals surface area contributed by atoms with Crippen molar-refractivity contribution in [2.75, 3.05) is 30.3 Å². The van der Waals surface area contributed by atoms with Crippen molar-refractivity contribution in [1.29, 1.82) is 0 Å². The summed E-state index contributed by atoms with van der Waals surface area (Å²) in [5, 5.41) is 3.15.